The lowest BCUT2D eigenvalue weighted by molar-refractivity contribution is 0.0695. The molecule has 0 aliphatic heterocycles. The van der Waals surface area contributed by atoms with E-state index in [1.54, 1.807) is 6.07 Å². The third kappa shape index (κ3) is 3.46. The van der Waals surface area contributed by atoms with Gasteiger partial charge in [0.1, 0.15) is 11.5 Å². The molecule has 0 unspecified atom stereocenters. The van der Waals surface area contributed by atoms with E-state index < -0.39 is 5.97 Å². The van der Waals surface area contributed by atoms with Gasteiger partial charge in [0.05, 0.1) is 18.3 Å². The molecule has 0 aromatic heterocycles. The minimum absolute atomic E-state index is 0.00137. The van der Waals surface area contributed by atoms with Gasteiger partial charge in [-0.2, -0.15) is 0 Å². The first-order chi connectivity index (χ1) is 7.52. The van der Waals surface area contributed by atoms with Crippen LogP contribution < -0.4 is 9.47 Å². The molecule has 4 heteroatoms. The van der Waals surface area contributed by atoms with Crippen LogP contribution in [0.15, 0.2) is 18.2 Å². The van der Waals surface area contributed by atoms with Gasteiger partial charge in [-0.15, -0.1) is 0 Å². The first kappa shape index (κ1) is 12.4. The topological polar surface area (TPSA) is 55.8 Å². The molecule has 0 saturated heterocycles. The highest BCUT2D eigenvalue weighted by atomic mass is 16.5. The highest BCUT2D eigenvalue weighted by Gasteiger charge is 2.09. The van der Waals surface area contributed by atoms with Gasteiger partial charge in [-0.3, -0.25) is 0 Å². The Bertz CT molecular complexity index is 371. The Labute approximate surface area is 94.8 Å². The molecule has 1 rings (SSSR count). The lowest BCUT2D eigenvalue weighted by atomic mass is 10.2. The predicted molar refractivity (Wildman–Crippen MR) is 60.3 cm³/mol. The second-order valence-electron chi connectivity index (χ2n) is 3.60. The monoisotopic (exact) mass is 224 g/mol. The zero-order chi connectivity index (χ0) is 12.1. The summed E-state index contributed by atoms with van der Waals surface area (Å²) in [5.74, 6) is 0.0339. The van der Waals surface area contributed by atoms with Gasteiger partial charge in [0, 0.05) is 6.07 Å². The number of carboxylic acid groups (broad SMARTS) is 1. The normalized spacial score (nSPS) is 10.2. The molecule has 1 aromatic carbocycles. The summed E-state index contributed by atoms with van der Waals surface area (Å²) in [6.07, 6.45) is -0.00137. The third-order valence-electron chi connectivity index (χ3n) is 1.81. The van der Waals surface area contributed by atoms with Crippen LogP contribution in [0.1, 0.15) is 31.1 Å². The smallest absolute Gasteiger partial charge is 0.335 e. The molecular formula is C12H16O4. The highest BCUT2D eigenvalue weighted by Crippen LogP contribution is 2.24. The van der Waals surface area contributed by atoms with E-state index in [-0.39, 0.29) is 11.7 Å². The van der Waals surface area contributed by atoms with Crippen molar-refractivity contribution < 1.29 is 19.4 Å². The van der Waals surface area contributed by atoms with Crippen LogP contribution in [0.5, 0.6) is 11.5 Å². The van der Waals surface area contributed by atoms with E-state index in [1.807, 2.05) is 20.8 Å². The Hall–Kier alpha value is -1.71. The molecule has 1 N–H and O–H groups in total. The average molecular weight is 224 g/mol. The third-order valence-corrected chi connectivity index (χ3v) is 1.81. The number of benzene rings is 1. The number of hydrogen-bond donors (Lipinski definition) is 1. The van der Waals surface area contributed by atoms with Crippen molar-refractivity contribution in [2.24, 2.45) is 0 Å². The summed E-state index contributed by atoms with van der Waals surface area (Å²) in [7, 11) is 0. The molecule has 0 heterocycles. The summed E-state index contributed by atoms with van der Waals surface area (Å²) in [4.78, 5) is 10.9. The summed E-state index contributed by atoms with van der Waals surface area (Å²) in [6.45, 7) is 6.10. The molecule has 0 bridgehead atoms. The number of carboxylic acids is 1. The number of hydrogen-bond acceptors (Lipinski definition) is 3. The van der Waals surface area contributed by atoms with Gasteiger partial charge >= 0.3 is 5.97 Å². The van der Waals surface area contributed by atoms with Gasteiger partial charge in [-0.25, -0.2) is 4.79 Å². The molecule has 0 amide bonds. The zero-order valence-corrected chi connectivity index (χ0v) is 9.69. The summed E-state index contributed by atoms with van der Waals surface area (Å²) < 4.78 is 10.7. The molecule has 1 aromatic rings. The van der Waals surface area contributed by atoms with Crippen LogP contribution in [-0.2, 0) is 0 Å². The van der Waals surface area contributed by atoms with Crippen LogP contribution in [0.3, 0.4) is 0 Å². The Balaban J connectivity index is 3.03. The van der Waals surface area contributed by atoms with Crippen molar-refractivity contribution >= 4 is 5.97 Å². The van der Waals surface area contributed by atoms with Crippen LogP contribution in [0.2, 0.25) is 0 Å². The lowest BCUT2D eigenvalue weighted by Gasteiger charge is -2.12. The minimum atomic E-state index is -0.991. The van der Waals surface area contributed by atoms with Crippen molar-refractivity contribution in [3.8, 4) is 11.5 Å². The van der Waals surface area contributed by atoms with E-state index in [0.29, 0.717) is 18.1 Å². The van der Waals surface area contributed by atoms with Crippen LogP contribution in [0.4, 0.5) is 0 Å². The molecule has 16 heavy (non-hydrogen) atoms. The molecule has 0 saturated carbocycles. The van der Waals surface area contributed by atoms with Crippen LogP contribution in [0.25, 0.3) is 0 Å². The Kier molecular flexibility index (Phi) is 4.17. The Morgan fingerprint density at radius 2 is 1.94 bits per heavy atom. The number of aromatic carboxylic acids is 1. The van der Waals surface area contributed by atoms with Crippen molar-refractivity contribution in [3.05, 3.63) is 23.8 Å². The van der Waals surface area contributed by atoms with Crippen molar-refractivity contribution in [2.45, 2.75) is 26.9 Å². The predicted octanol–water partition coefficient (Wildman–Crippen LogP) is 2.57. The molecule has 4 nitrogen and oxygen atoms in total. The van der Waals surface area contributed by atoms with Crippen molar-refractivity contribution in [2.75, 3.05) is 6.61 Å². The van der Waals surface area contributed by atoms with E-state index in [9.17, 15) is 4.79 Å². The second kappa shape index (κ2) is 5.39. The van der Waals surface area contributed by atoms with Gasteiger partial charge in [-0.1, -0.05) is 0 Å². The van der Waals surface area contributed by atoms with Crippen molar-refractivity contribution in [1.82, 2.24) is 0 Å². The number of rotatable bonds is 5. The fraction of sp³-hybridized carbons (Fsp3) is 0.417. The van der Waals surface area contributed by atoms with Crippen molar-refractivity contribution in [3.63, 3.8) is 0 Å². The van der Waals surface area contributed by atoms with Crippen LogP contribution in [0, 0.1) is 0 Å². The molecule has 0 aliphatic rings. The van der Waals surface area contributed by atoms with Gasteiger partial charge in [0.25, 0.3) is 0 Å². The highest BCUT2D eigenvalue weighted by molar-refractivity contribution is 5.88. The van der Waals surface area contributed by atoms with Gasteiger partial charge in [-0.05, 0) is 32.9 Å². The fourth-order valence-electron chi connectivity index (χ4n) is 1.29. The summed E-state index contributed by atoms with van der Waals surface area (Å²) >= 11 is 0. The second-order valence-corrected chi connectivity index (χ2v) is 3.60. The molecule has 0 spiro atoms. The van der Waals surface area contributed by atoms with Crippen LogP contribution in [-0.4, -0.2) is 23.8 Å². The van der Waals surface area contributed by atoms with Gasteiger partial charge in [0.2, 0.25) is 0 Å². The van der Waals surface area contributed by atoms with Gasteiger partial charge in [0.15, 0.2) is 0 Å². The van der Waals surface area contributed by atoms with E-state index in [1.165, 1.54) is 12.1 Å². The quantitative estimate of drug-likeness (QED) is 0.835. The molecule has 0 aliphatic carbocycles. The molecule has 0 atom stereocenters. The van der Waals surface area contributed by atoms with Crippen LogP contribution >= 0.6 is 0 Å². The SMILES string of the molecule is CCOc1cc(OC(C)C)cc(C(=O)O)c1. The van der Waals surface area contributed by atoms with E-state index in [4.69, 9.17) is 14.6 Å². The Morgan fingerprint density at radius 3 is 2.44 bits per heavy atom. The molecule has 88 valence electrons. The number of ether oxygens (including phenoxy) is 2. The standard InChI is InChI=1S/C12H16O4/c1-4-15-10-5-9(12(13)14)6-11(7-10)16-8(2)3/h5-8H,4H2,1-3H3,(H,13,14). The van der Waals surface area contributed by atoms with Crippen molar-refractivity contribution in [1.29, 1.82) is 0 Å². The van der Waals surface area contributed by atoms with E-state index in [2.05, 4.69) is 0 Å². The van der Waals surface area contributed by atoms with E-state index >= 15 is 0 Å². The maximum Gasteiger partial charge on any atom is 0.335 e. The molecule has 0 radical (unpaired) electrons. The maximum atomic E-state index is 10.9. The van der Waals surface area contributed by atoms with Gasteiger partial charge < -0.3 is 14.6 Å². The average Bonchev–Trinajstić information content (AvgIpc) is 2.16. The fourth-order valence-corrected chi connectivity index (χ4v) is 1.29. The zero-order valence-electron chi connectivity index (χ0n) is 9.69. The summed E-state index contributed by atoms with van der Waals surface area (Å²) in [5, 5.41) is 8.92. The molecule has 0 fully saturated rings. The largest absolute Gasteiger partial charge is 0.494 e. The maximum absolute atomic E-state index is 10.9. The minimum Gasteiger partial charge on any atom is -0.494 e. The first-order valence-corrected chi connectivity index (χ1v) is 5.20. The first-order valence-electron chi connectivity index (χ1n) is 5.20. The molecular weight excluding hydrogens is 208 g/mol. The Morgan fingerprint density at radius 1 is 1.31 bits per heavy atom. The summed E-state index contributed by atoms with van der Waals surface area (Å²) in [6, 6.07) is 4.67. The van der Waals surface area contributed by atoms with E-state index in [0.717, 1.165) is 0 Å². The number of carbonyl (C=O) groups is 1. The lowest BCUT2D eigenvalue weighted by Crippen LogP contribution is -2.07. The summed E-state index contributed by atoms with van der Waals surface area (Å²) in [5.41, 5.74) is 0.168.